The summed E-state index contributed by atoms with van der Waals surface area (Å²) in [5.41, 5.74) is 1.07. The quantitative estimate of drug-likeness (QED) is 0.873. The van der Waals surface area contributed by atoms with E-state index in [2.05, 4.69) is 10.2 Å². The Morgan fingerprint density at radius 1 is 1.14 bits per heavy atom. The van der Waals surface area contributed by atoms with E-state index in [1.807, 2.05) is 0 Å². The molecule has 1 aromatic carbocycles. The van der Waals surface area contributed by atoms with Crippen molar-refractivity contribution in [2.24, 2.45) is 0 Å². The minimum Gasteiger partial charge on any atom is -0.415 e. The highest BCUT2D eigenvalue weighted by Crippen LogP contribution is 2.24. The largest absolute Gasteiger partial charge is 0.415 e. The van der Waals surface area contributed by atoms with Crippen LogP contribution in [0.1, 0.15) is 35.5 Å². The highest BCUT2D eigenvalue weighted by molar-refractivity contribution is 5.94. The van der Waals surface area contributed by atoms with Crippen molar-refractivity contribution in [1.82, 2.24) is 15.1 Å². The molecule has 3 rings (SSSR count). The number of halogens is 2. The summed E-state index contributed by atoms with van der Waals surface area (Å²) < 4.78 is 29.6. The number of rotatable bonds is 3. The lowest BCUT2D eigenvalue weighted by atomic mass is 10.1. The lowest BCUT2D eigenvalue weighted by Crippen LogP contribution is -2.27. The van der Waals surface area contributed by atoms with Gasteiger partial charge in [-0.2, -0.15) is 8.78 Å². The van der Waals surface area contributed by atoms with E-state index < -0.39 is 12.3 Å². The minimum absolute atomic E-state index is 0.0159. The number of nitrogens with zero attached hydrogens (tertiary/aromatic N) is 3. The molecule has 1 fully saturated rings. The van der Waals surface area contributed by atoms with Crippen LogP contribution in [0.3, 0.4) is 0 Å². The van der Waals surface area contributed by atoms with Gasteiger partial charge in [-0.25, -0.2) is 0 Å². The van der Waals surface area contributed by atoms with Crippen molar-refractivity contribution in [2.45, 2.75) is 19.3 Å². The third-order valence-corrected chi connectivity index (χ3v) is 3.40. The van der Waals surface area contributed by atoms with Crippen molar-refractivity contribution in [3.05, 3.63) is 35.7 Å². The molecule has 0 atom stereocenters. The van der Waals surface area contributed by atoms with E-state index >= 15 is 0 Å². The predicted octanol–water partition coefficient (Wildman–Crippen LogP) is 2.91. The smallest absolute Gasteiger partial charge is 0.314 e. The molecule has 1 aromatic heterocycles. The SMILES string of the molecule is O=C(c1ccc(-c2nnc(C(F)F)o2)cc1)N1CCCC1. The maximum absolute atomic E-state index is 12.4. The van der Waals surface area contributed by atoms with Gasteiger partial charge in [0.25, 0.3) is 11.8 Å². The fraction of sp³-hybridized carbons (Fsp3) is 0.357. The van der Waals surface area contributed by atoms with Gasteiger partial charge in [-0.3, -0.25) is 4.79 Å². The Morgan fingerprint density at radius 2 is 1.81 bits per heavy atom. The van der Waals surface area contributed by atoms with Gasteiger partial charge in [0.1, 0.15) is 0 Å². The third kappa shape index (κ3) is 2.76. The van der Waals surface area contributed by atoms with Crippen LogP contribution in [0.4, 0.5) is 8.78 Å². The van der Waals surface area contributed by atoms with Crippen LogP contribution >= 0.6 is 0 Å². The minimum atomic E-state index is -2.79. The second-order valence-corrected chi connectivity index (χ2v) is 4.82. The standard InChI is InChI=1S/C14H13F2N3O2/c15-11(16)13-18-17-12(21-13)9-3-5-10(6-4-9)14(20)19-7-1-2-8-19/h3-6,11H,1-2,7-8H2. The van der Waals surface area contributed by atoms with Crippen molar-refractivity contribution in [1.29, 1.82) is 0 Å². The zero-order chi connectivity index (χ0) is 14.8. The zero-order valence-corrected chi connectivity index (χ0v) is 11.1. The first-order valence-corrected chi connectivity index (χ1v) is 6.66. The van der Waals surface area contributed by atoms with E-state index in [4.69, 9.17) is 4.42 Å². The van der Waals surface area contributed by atoms with Gasteiger partial charge in [-0.1, -0.05) is 0 Å². The molecule has 0 spiro atoms. The summed E-state index contributed by atoms with van der Waals surface area (Å²) in [4.78, 5) is 14.0. The van der Waals surface area contributed by atoms with Gasteiger partial charge in [0.15, 0.2) is 0 Å². The lowest BCUT2D eigenvalue weighted by molar-refractivity contribution is 0.0793. The molecule has 5 nitrogen and oxygen atoms in total. The van der Waals surface area contributed by atoms with Crippen LogP contribution in [-0.2, 0) is 0 Å². The maximum Gasteiger partial charge on any atom is 0.314 e. The van der Waals surface area contributed by atoms with Gasteiger partial charge in [0.2, 0.25) is 5.89 Å². The number of alkyl halides is 2. The van der Waals surface area contributed by atoms with Crippen LogP contribution in [0.15, 0.2) is 28.7 Å². The molecule has 21 heavy (non-hydrogen) atoms. The molecule has 0 unspecified atom stereocenters. The van der Waals surface area contributed by atoms with Gasteiger partial charge in [0, 0.05) is 24.2 Å². The number of likely N-dealkylation sites (tertiary alicyclic amines) is 1. The van der Waals surface area contributed by atoms with Crippen LogP contribution < -0.4 is 0 Å². The van der Waals surface area contributed by atoms with Crippen LogP contribution in [0, 0.1) is 0 Å². The Kier molecular flexibility index (Phi) is 3.64. The zero-order valence-electron chi connectivity index (χ0n) is 11.1. The predicted molar refractivity (Wildman–Crippen MR) is 69.8 cm³/mol. The van der Waals surface area contributed by atoms with Gasteiger partial charge in [-0.05, 0) is 37.1 Å². The highest BCUT2D eigenvalue weighted by Gasteiger charge is 2.20. The first kappa shape index (κ1) is 13.7. The maximum atomic E-state index is 12.4. The number of benzene rings is 1. The second kappa shape index (κ2) is 5.59. The molecule has 0 radical (unpaired) electrons. The molecule has 110 valence electrons. The van der Waals surface area contributed by atoms with Gasteiger partial charge in [-0.15, -0.1) is 10.2 Å². The summed E-state index contributed by atoms with van der Waals surface area (Å²) in [5.74, 6) is -0.703. The van der Waals surface area contributed by atoms with Crippen LogP contribution in [0.2, 0.25) is 0 Å². The molecule has 0 aliphatic carbocycles. The summed E-state index contributed by atoms with van der Waals surface area (Å²) in [5, 5.41) is 6.84. The first-order valence-electron chi connectivity index (χ1n) is 6.66. The molecule has 1 saturated heterocycles. The van der Waals surface area contributed by atoms with E-state index in [1.165, 1.54) is 0 Å². The lowest BCUT2D eigenvalue weighted by Gasteiger charge is -2.15. The number of aromatic nitrogens is 2. The summed E-state index contributed by atoms with van der Waals surface area (Å²) in [6, 6.07) is 6.52. The molecule has 7 heteroatoms. The van der Waals surface area contributed by atoms with Crippen molar-refractivity contribution >= 4 is 5.91 Å². The van der Waals surface area contributed by atoms with E-state index in [1.54, 1.807) is 29.2 Å². The van der Waals surface area contributed by atoms with Crippen LogP contribution in [-0.4, -0.2) is 34.1 Å². The Bertz CT molecular complexity index is 634. The average Bonchev–Trinajstić information content (AvgIpc) is 3.18. The van der Waals surface area contributed by atoms with Crippen molar-refractivity contribution in [3.8, 4) is 11.5 Å². The number of hydrogen-bond acceptors (Lipinski definition) is 4. The Morgan fingerprint density at radius 3 is 2.38 bits per heavy atom. The topological polar surface area (TPSA) is 59.2 Å². The fourth-order valence-corrected chi connectivity index (χ4v) is 2.30. The summed E-state index contributed by atoms with van der Waals surface area (Å²) >= 11 is 0. The van der Waals surface area contributed by atoms with Crippen molar-refractivity contribution in [2.75, 3.05) is 13.1 Å². The number of carbonyl (C=O) groups excluding carboxylic acids is 1. The van der Waals surface area contributed by atoms with E-state index in [-0.39, 0.29) is 11.8 Å². The Labute approximate surface area is 119 Å². The first-order chi connectivity index (χ1) is 10.1. The summed E-state index contributed by atoms with van der Waals surface area (Å²) in [7, 11) is 0. The van der Waals surface area contributed by atoms with Crippen LogP contribution in [0.5, 0.6) is 0 Å². The number of amides is 1. The molecule has 1 aliphatic rings. The number of hydrogen-bond donors (Lipinski definition) is 0. The monoisotopic (exact) mass is 293 g/mol. The molecule has 1 aliphatic heterocycles. The van der Waals surface area contributed by atoms with E-state index in [0.717, 1.165) is 25.9 Å². The van der Waals surface area contributed by atoms with Crippen molar-refractivity contribution in [3.63, 3.8) is 0 Å². The Balaban J connectivity index is 1.78. The molecular weight excluding hydrogens is 280 g/mol. The molecule has 0 N–H and O–H groups in total. The summed E-state index contributed by atoms with van der Waals surface area (Å²) in [6.07, 6.45) is -0.730. The van der Waals surface area contributed by atoms with E-state index in [0.29, 0.717) is 11.1 Å². The molecule has 2 heterocycles. The third-order valence-electron chi connectivity index (χ3n) is 3.40. The Hall–Kier alpha value is -2.31. The van der Waals surface area contributed by atoms with Gasteiger partial charge >= 0.3 is 6.43 Å². The number of carbonyl (C=O) groups is 1. The summed E-state index contributed by atoms with van der Waals surface area (Å²) in [6.45, 7) is 1.56. The molecular formula is C14H13F2N3O2. The average molecular weight is 293 g/mol. The van der Waals surface area contributed by atoms with E-state index in [9.17, 15) is 13.6 Å². The van der Waals surface area contributed by atoms with Gasteiger partial charge < -0.3 is 9.32 Å². The normalized spacial score (nSPS) is 14.9. The highest BCUT2D eigenvalue weighted by atomic mass is 19.3. The van der Waals surface area contributed by atoms with Crippen LogP contribution in [0.25, 0.3) is 11.5 Å². The molecule has 1 amide bonds. The van der Waals surface area contributed by atoms with Gasteiger partial charge in [0.05, 0.1) is 0 Å². The van der Waals surface area contributed by atoms with Crippen molar-refractivity contribution < 1.29 is 18.0 Å². The molecule has 0 bridgehead atoms. The fourth-order valence-electron chi connectivity index (χ4n) is 2.30. The molecule has 0 saturated carbocycles. The second-order valence-electron chi connectivity index (χ2n) is 4.82. The molecule has 2 aromatic rings.